The first-order valence-corrected chi connectivity index (χ1v) is 10.4. The van der Waals surface area contributed by atoms with Crippen LogP contribution >= 0.6 is 11.3 Å². The van der Waals surface area contributed by atoms with Gasteiger partial charge in [0, 0.05) is 31.1 Å². The number of aliphatic hydroxyl groups is 1. The average molecular weight is 442 g/mol. The second-order valence-electron chi connectivity index (χ2n) is 7.58. The van der Waals surface area contributed by atoms with Crippen molar-refractivity contribution in [3.63, 3.8) is 0 Å². The fourth-order valence-corrected chi connectivity index (χ4v) is 4.18. The maximum Gasteiger partial charge on any atom is 0.270 e. The Morgan fingerprint density at radius 1 is 1.45 bits per heavy atom. The molecule has 1 aliphatic carbocycles. The zero-order chi connectivity index (χ0) is 22.3. The van der Waals surface area contributed by atoms with Crippen LogP contribution in [0.5, 0.6) is 0 Å². The number of hydrogen-bond donors (Lipinski definition) is 3. The minimum absolute atomic E-state index is 0.102. The molecule has 160 valence electrons. The Bertz CT molecular complexity index is 1150. The Hall–Kier alpha value is -3.29. The molecule has 0 radical (unpaired) electrons. The number of likely N-dealkylation sites (N-methyl/N-ethyl adjacent to an activating group) is 1. The number of nitrogens with one attached hydrogen (secondary N) is 1. The van der Waals surface area contributed by atoms with E-state index in [0.29, 0.717) is 22.7 Å². The zero-order valence-electron chi connectivity index (χ0n) is 16.5. The third-order valence-corrected chi connectivity index (χ3v) is 6.20. The number of primary amides is 1. The van der Waals surface area contributed by atoms with Gasteiger partial charge in [0.25, 0.3) is 11.8 Å². The Kier molecular flexibility index (Phi) is 5.24. The van der Waals surface area contributed by atoms with Gasteiger partial charge in [0.1, 0.15) is 16.2 Å². The quantitative estimate of drug-likeness (QED) is 0.613. The monoisotopic (exact) mass is 442 g/mol. The lowest BCUT2D eigenvalue weighted by Gasteiger charge is -2.13. The van der Waals surface area contributed by atoms with Crippen molar-refractivity contribution in [1.29, 1.82) is 0 Å². The molecule has 2 heterocycles. The topological polar surface area (TPSA) is 126 Å². The summed E-state index contributed by atoms with van der Waals surface area (Å²) in [6.45, 7) is 0.428. The number of aromatic nitrogens is 1. The van der Waals surface area contributed by atoms with E-state index in [-0.39, 0.29) is 23.5 Å². The molecule has 4 N–H and O–H groups in total. The van der Waals surface area contributed by atoms with E-state index in [2.05, 4.69) is 22.1 Å². The standard InChI is InChI=1S/C21H19FN4O4S/c1-26-8-7-21(30,20(26)29)6-5-11-3-2-4-12(9-11)18-24-15(16(23)27)19(31-18)25-17(28)13-10-14(13)22/h2-4,9,13-14,30H,7-8,10H2,1H3,(H2,23,27)(H,25,28)/t13-,14+,21+/m1/s1. The molecule has 10 heteroatoms. The molecular weight excluding hydrogens is 423 g/mol. The van der Waals surface area contributed by atoms with E-state index in [1.54, 1.807) is 31.3 Å². The first-order chi connectivity index (χ1) is 14.7. The molecule has 0 bridgehead atoms. The summed E-state index contributed by atoms with van der Waals surface area (Å²) in [6.07, 6.45) is -0.775. The van der Waals surface area contributed by atoms with Crippen LogP contribution in [0.1, 0.15) is 28.9 Å². The third-order valence-electron chi connectivity index (χ3n) is 5.18. The Morgan fingerprint density at radius 3 is 2.81 bits per heavy atom. The normalized spacial score (nSPS) is 24.5. The maximum atomic E-state index is 13.1. The highest BCUT2D eigenvalue weighted by Gasteiger charge is 2.44. The molecule has 31 heavy (non-hydrogen) atoms. The van der Waals surface area contributed by atoms with Crippen LogP contribution in [0.15, 0.2) is 24.3 Å². The van der Waals surface area contributed by atoms with Crippen molar-refractivity contribution >= 4 is 34.1 Å². The lowest BCUT2D eigenvalue weighted by Crippen LogP contribution is -2.37. The van der Waals surface area contributed by atoms with Crippen molar-refractivity contribution in [2.75, 3.05) is 18.9 Å². The number of nitrogens with zero attached hydrogens (tertiary/aromatic N) is 2. The maximum absolute atomic E-state index is 13.1. The van der Waals surface area contributed by atoms with E-state index < -0.39 is 35.4 Å². The van der Waals surface area contributed by atoms with Crippen LogP contribution in [0.4, 0.5) is 9.39 Å². The van der Waals surface area contributed by atoms with E-state index in [1.165, 1.54) is 4.90 Å². The second kappa shape index (κ2) is 7.76. The van der Waals surface area contributed by atoms with Crippen molar-refractivity contribution in [3.8, 4) is 22.4 Å². The highest BCUT2D eigenvalue weighted by molar-refractivity contribution is 7.19. The average Bonchev–Trinajstić information content (AvgIpc) is 3.23. The van der Waals surface area contributed by atoms with Crippen molar-refractivity contribution in [1.82, 2.24) is 9.88 Å². The SMILES string of the molecule is CN1CC[C@@](O)(C#Cc2cccc(-c3nc(C(N)=O)c(NC(=O)[C@@H]4C[C@@H]4F)s3)c2)C1=O. The minimum atomic E-state index is -1.71. The molecule has 1 aliphatic heterocycles. The Labute approximate surface area is 181 Å². The summed E-state index contributed by atoms with van der Waals surface area (Å²) >= 11 is 1.04. The summed E-state index contributed by atoms with van der Waals surface area (Å²) in [5.74, 6) is 2.99. The number of amides is 3. The number of carbonyl (C=O) groups is 3. The number of likely N-dealkylation sites (tertiary alicyclic amines) is 1. The molecule has 8 nitrogen and oxygen atoms in total. The van der Waals surface area contributed by atoms with Gasteiger partial charge in [-0.25, -0.2) is 9.37 Å². The molecule has 2 fully saturated rings. The lowest BCUT2D eigenvalue weighted by atomic mass is 10.0. The number of alkyl halides is 1. The van der Waals surface area contributed by atoms with Crippen molar-refractivity contribution in [3.05, 3.63) is 35.5 Å². The van der Waals surface area contributed by atoms with Gasteiger partial charge in [-0.2, -0.15) is 0 Å². The predicted octanol–water partition coefficient (Wildman–Crippen LogP) is 1.15. The fourth-order valence-electron chi connectivity index (χ4n) is 3.21. The smallest absolute Gasteiger partial charge is 0.270 e. The molecule has 3 amide bonds. The van der Waals surface area contributed by atoms with E-state index in [0.717, 1.165) is 11.3 Å². The van der Waals surface area contributed by atoms with E-state index >= 15 is 0 Å². The highest BCUT2D eigenvalue weighted by Crippen LogP contribution is 2.37. The van der Waals surface area contributed by atoms with Gasteiger partial charge in [-0.05, 0) is 18.6 Å². The summed E-state index contributed by atoms with van der Waals surface area (Å²) in [6, 6.07) is 6.85. The first kappa shape index (κ1) is 21.0. The van der Waals surface area contributed by atoms with Crippen molar-refractivity contribution < 1.29 is 23.9 Å². The number of carbonyl (C=O) groups excluding carboxylic acids is 3. The number of nitrogens with two attached hydrogens (primary N) is 1. The number of rotatable bonds is 4. The second-order valence-corrected chi connectivity index (χ2v) is 8.58. The molecule has 2 aromatic rings. The van der Waals surface area contributed by atoms with E-state index in [4.69, 9.17) is 5.73 Å². The van der Waals surface area contributed by atoms with Crippen LogP contribution in [0.3, 0.4) is 0 Å². The van der Waals surface area contributed by atoms with Gasteiger partial charge in [-0.1, -0.05) is 35.3 Å². The summed E-state index contributed by atoms with van der Waals surface area (Å²) < 4.78 is 13.1. The fraction of sp³-hybridized carbons (Fsp3) is 0.333. The van der Waals surface area contributed by atoms with E-state index in [1.807, 2.05) is 0 Å². The van der Waals surface area contributed by atoms with Crippen LogP contribution in [-0.2, 0) is 9.59 Å². The molecule has 1 saturated heterocycles. The van der Waals surface area contributed by atoms with Gasteiger partial charge >= 0.3 is 0 Å². The number of benzene rings is 1. The number of anilines is 1. The molecule has 1 aromatic carbocycles. The molecule has 4 rings (SSSR count). The van der Waals surface area contributed by atoms with Gasteiger partial charge in [0.2, 0.25) is 11.5 Å². The zero-order valence-corrected chi connectivity index (χ0v) is 17.3. The largest absolute Gasteiger partial charge is 0.369 e. The van der Waals surface area contributed by atoms with Crippen LogP contribution in [0.25, 0.3) is 10.6 Å². The molecule has 1 saturated carbocycles. The van der Waals surface area contributed by atoms with Crippen LogP contribution < -0.4 is 11.1 Å². The lowest BCUT2D eigenvalue weighted by molar-refractivity contribution is -0.137. The minimum Gasteiger partial charge on any atom is -0.369 e. The van der Waals surface area contributed by atoms with Gasteiger partial charge in [0.05, 0.1) is 5.92 Å². The summed E-state index contributed by atoms with van der Waals surface area (Å²) in [7, 11) is 1.61. The van der Waals surface area contributed by atoms with Gasteiger partial charge in [0.15, 0.2) is 5.69 Å². The van der Waals surface area contributed by atoms with Gasteiger partial charge in [-0.3, -0.25) is 14.4 Å². The highest BCUT2D eigenvalue weighted by atomic mass is 32.1. The molecular formula is C21H19FN4O4S. The van der Waals surface area contributed by atoms with Crippen molar-refractivity contribution in [2.24, 2.45) is 11.7 Å². The first-order valence-electron chi connectivity index (χ1n) is 9.55. The molecule has 3 atom stereocenters. The van der Waals surface area contributed by atoms with Crippen LogP contribution in [0.2, 0.25) is 0 Å². The van der Waals surface area contributed by atoms with Gasteiger partial charge < -0.3 is 21.1 Å². The summed E-state index contributed by atoms with van der Waals surface area (Å²) in [5, 5.41) is 13.6. The Balaban J connectivity index is 1.60. The Morgan fingerprint density at radius 2 is 2.19 bits per heavy atom. The summed E-state index contributed by atoms with van der Waals surface area (Å²) in [5.41, 5.74) is 4.71. The molecule has 0 spiro atoms. The predicted molar refractivity (Wildman–Crippen MR) is 112 cm³/mol. The number of hydrogen-bond acceptors (Lipinski definition) is 6. The third kappa shape index (κ3) is 4.15. The molecule has 2 aliphatic rings. The van der Waals surface area contributed by atoms with Crippen molar-refractivity contribution in [2.45, 2.75) is 24.6 Å². The van der Waals surface area contributed by atoms with Crippen LogP contribution in [0, 0.1) is 17.8 Å². The number of halogens is 1. The number of thiazole rings is 1. The summed E-state index contributed by atoms with van der Waals surface area (Å²) in [4.78, 5) is 41.5. The van der Waals surface area contributed by atoms with E-state index in [9.17, 15) is 23.9 Å². The molecule has 1 aromatic heterocycles. The van der Waals surface area contributed by atoms with Crippen LogP contribution in [-0.4, -0.2) is 58.1 Å². The van der Waals surface area contributed by atoms with Gasteiger partial charge in [-0.15, -0.1) is 0 Å². The molecule has 0 unspecified atom stereocenters.